The summed E-state index contributed by atoms with van der Waals surface area (Å²) < 4.78 is 1.78. The van der Waals surface area contributed by atoms with Crippen LogP contribution in [0, 0.1) is 0 Å². The molecule has 24 heavy (non-hydrogen) atoms. The molecule has 2 amide bonds. The number of pyridine rings is 1. The highest BCUT2D eigenvalue weighted by Gasteiger charge is 2.27. The number of amides is 2. The molecule has 1 fully saturated rings. The summed E-state index contributed by atoms with van der Waals surface area (Å²) in [5.74, 6) is 0.629. The van der Waals surface area contributed by atoms with Crippen molar-refractivity contribution >= 4 is 11.8 Å². The summed E-state index contributed by atoms with van der Waals surface area (Å²) in [4.78, 5) is 34.2. The van der Waals surface area contributed by atoms with Gasteiger partial charge in [-0.3, -0.25) is 14.6 Å². The van der Waals surface area contributed by atoms with Crippen LogP contribution in [0.1, 0.15) is 30.3 Å². The number of piperidine rings is 1. The molecular weight excluding hydrogens is 306 g/mol. The van der Waals surface area contributed by atoms with Crippen LogP contribution >= 0.6 is 0 Å². The maximum Gasteiger partial charge on any atom is 0.237 e. The van der Waals surface area contributed by atoms with E-state index in [0.29, 0.717) is 13.0 Å². The molecule has 7 nitrogen and oxygen atoms in total. The standard InChI is InChI=1S/C17H21N5O2/c18-15(23)12-22-9-7-20-17(22)13-4-3-8-21(11-13)16(24)10-14-5-1-2-6-19-14/h1-2,5-7,9,13H,3-4,8,10-12H2,(H2,18,23)/t13-/m1/s1. The van der Waals surface area contributed by atoms with Gasteiger partial charge in [0.2, 0.25) is 11.8 Å². The van der Waals surface area contributed by atoms with Crippen molar-refractivity contribution in [3.63, 3.8) is 0 Å². The summed E-state index contributed by atoms with van der Waals surface area (Å²) in [6.45, 7) is 1.48. The number of carbonyl (C=O) groups is 2. The fourth-order valence-corrected chi connectivity index (χ4v) is 3.17. The van der Waals surface area contributed by atoms with Gasteiger partial charge in [0.1, 0.15) is 12.4 Å². The molecule has 1 saturated heterocycles. The van der Waals surface area contributed by atoms with Gasteiger partial charge in [0, 0.05) is 43.3 Å². The average molecular weight is 327 g/mol. The SMILES string of the molecule is NC(=O)Cn1ccnc1[C@@H]1CCCN(C(=O)Cc2ccccn2)C1. The van der Waals surface area contributed by atoms with Gasteiger partial charge in [0.05, 0.1) is 6.42 Å². The van der Waals surface area contributed by atoms with Gasteiger partial charge in [0.25, 0.3) is 0 Å². The molecule has 7 heteroatoms. The summed E-state index contributed by atoms with van der Waals surface area (Å²) in [5, 5.41) is 0. The van der Waals surface area contributed by atoms with E-state index < -0.39 is 5.91 Å². The molecule has 0 aromatic carbocycles. The fraction of sp³-hybridized carbons (Fsp3) is 0.412. The van der Waals surface area contributed by atoms with Crippen LogP contribution in [-0.2, 0) is 22.6 Å². The maximum atomic E-state index is 12.5. The quantitative estimate of drug-likeness (QED) is 0.875. The van der Waals surface area contributed by atoms with E-state index in [4.69, 9.17) is 5.73 Å². The van der Waals surface area contributed by atoms with Gasteiger partial charge in [-0.25, -0.2) is 4.98 Å². The van der Waals surface area contributed by atoms with Crippen molar-refractivity contribution in [3.8, 4) is 0 Å². The number of carbonyl (C=O) groups excluding carboxylic acids is 2. The highest BCUT2D eigenvalue weighted by atomic mass is 16.2. The summed E-state index contributed by atoms with van der Waals surface area (Å²) in [5.41, 5.74) is 6.06. The zero-order valence-electron chi connectivity index (χ0n) is 13.5. The van der Waals surface area contributed by atoms with E-state index >= 15 is 0 Å². The number of nitrogens with two attached hydrogens (primary N) is 1. The Morgan fingerprint density at radius 2 is 2.12 bits per heavy atom. The van der Waals surface area contributed by atoms with Crippen LogP contribution in [0.5, 0.6) is 0 Å². The van der Waals surface area contributed by atoms with Crippen molar-refractivity contribution in [2.75, 3.05) is 13.1 Å². The first-order valence-corrected chi connectivity index (χ1v) is 8.10. The van der Waals surface area contributed by atoms with E-state index in [9.17, 15) is 9.59 Å². The zero-order chi connectivity index (χ0) is 16.9. The normalized spacial score (nSPS) is 17.7. The third-order valence-corrected chi connectivity index (χ3v) is 4.27. The number of aromatic nitrogens is 3. The Kier molecular flexibility index (Phi) is 4.88. The minimum atomic E-state index is -0.395. The first-order chi connectivity index (χ1) is 11.6. The number of hydrogen-bond donors (Lipinski definition) is 1. The van der Waals surface area contributed by atoms with Crippen LogP contribution < -0.4 is 5.73 Å². The predicted octanol–water partition coefficient (Wildman–Crippen LogP) is 0.712. The van der Waals surface area contributed by atoms with Gasteiger partial charge in [0.15, 0.2) is 0 Å². The molecule has 2 N–H and O–H groups in total. The first kappa shape index (κ1) is 16.2. The van der Waals surface area contributed by atoms with Gasteiger partial charge in [-0.1, -0.05) is 6.07 Å². The van der Waals surface area contributed by atoms with Crippen LogP contribution in [-0.4, -0.2) is 44.3 Å². The molecule has 0 saturated carbocycles. The number of imidazole rings is 1. The summed E-state index contributed by atoms with van der Waals surface area (Å²) in [6, 6.07) is 5.58. The number of nitrogens with zero attached hydrogens (tertiary/aromatic N) is 4. The second-order valence-electron chi connectivity index (χ2n) is 6.06. The van der Waals surface area contributed by atoms with Crippen molar-refractivity contribution < 1.29 is 9.59 Å². The van der Waals surface area contributed by atoms with Crippen LogP contribution in [0.25, 0.3) is 0 Å². The topological polar surface area (TPSA) is 94.1 Å². The molecule has 2 aromatic rings. The van der Waals surface area contributed by atoms with Crippen LogP contribution in [0.15, 0.2) is 36.8 Å². The Hall–Kier alpha value is -2.70. The maximum absolute atomic E-state index is 12.5. The van der Waals surface area contributed by atoms with Gasteiger partial charge in [-0.15, -0.1) is 0 Å². The Bertz CT molecular complexity index is 713. The molecule has 3 rings (SSSR count). The van der Waals surface area contributed by atoms with Gasteiger partial charge in [-0.2, -0.15) is 0 Å². The molecule has 0 spiro atoms. The first-order valence-electron chi connectivity index (χ1n) is 8.10. The molecule has 0 bridgehead atoms. The minimum Gasteiger partial charge on any atom is -0.368 e. The molecule has 1 aliphatic heterocycles. The fourth-order valence-electron chi connectivity index (χ4n) is 3.17. The second kappa shape index (κ2) is 7.25. The van der Waals surface area contributed by atoms with Gasteiger partial charge < -0.3 is 15.2 Å². The largest absolute Gasteiger partial charge is 0.368 e. The van der Waals surface area contributed by atoms with E-state index in [0.717, 1.165) is 30.9 Å². The molecule has 0 aliphatic carbocycles. The molecule has 3 heterocycles. The van der Waals surface area contributed by atoms with Crippen LogP contribution in [0.3, 0.4) is 0 Å². The lowest BCUT2D eigenvalue weighted by Gasteiger charge is -2.32. The lowest BCUT2D eigenvalue weighted by Crippen LogP contribution is -2.40. The molecule has 1 aliphatic rings. The Labute approximate surface area is 140 Å². The molecule has 126 valence electrons. The van der Waals surface area contributed by atoms with Crippen molar-refractivity contribution in [1.82, 2.24) is 19.4 Å². The van der Waals surface area contributed by atoms with E-state index in [1.165, 1.54) is 0 Å². The molecular formula is C17H21N5O2. The van der Waals surface area contributed by atoms with E-state index in [1.807, 2.05) is 23.1 Å². The van der Waals surface area contributed by atoms with E-state index in [2.05, 4.69) is 9.97 Å². The van der Waals surface area contributed by atoms with Gasteiger partial charge in [-0.05, 0) is 25.0 Å². The number of rotatable bonds is 5. The average Bonchev–Trinajstić information content (AvgIpc) is 3.03. The Morgan fingerprint density at radius 3 is 2.88 bits per heavy atom. The van der Waals surface area contributed by atoms with Crippen LogP contribution in [0.4, 0.5) is 0 Å². The highest BCUT2D eigenvalue weighted by Crippen LogP contribution is 2.26. The smallest absolute Gasteiger partial charge is 0.237 e. The molecule has 0 radical (unpaired) electrons. The van der Waals surface area contributed by atoms with Crippen molar-refractivity contribution in [2.45, 2.75) is 31.7 Å². The van der Waals surface area contributed by atoms with E-state index in [1.54, 1.807) is 23.2 Å². The number of primary amides is 1. The third-order valence-electron chi connectivity index (χ3n) is 4.27. The summed E-state index contributed by atoms with van der Waals surface area (Å²) >= 11 is 0. The van der Waals surface area contributed by atoms with Crippen molar-refractivity contribution in [3.05, 3.63) is 48.3 Å². The van der Waals surface area contributed by atoms with E-state index in [-0.39, 0.29) is 18.4 Å². The lowest BCUT2D eigenvalue weighted by molar-refractivity contribution is -0.131. The zero-order valence-corrected chi connectivity index (χ0v) is 13.5. The summed E-state index contributed by atoms with van der Waals surface area (Å²) in [7, 11) is 0. The van der Waals surface area contributed by atoms with Gasteiger partial charge >= 0.3 is 0 Å². The Morgan fingerprint density at radius 1 is 1.25 bits per heavy atom. The molecule has 0 unspecified atom stereocenters. The molecule has 2 aromatic heterocycles. The van der Waals surface area contributed by atoms with Crippen molar-refractivity contribution in [2.24, 2.45) is 5.73 Å². The summed E-state index contributed by atoms with van der Waals surface area (Å²) in [6.07, 6.45) is 7.30. The second-order valence-corrected chi connectivity index (χ2v) is 6.06. The third kappa shape index (κ3) is 3.79. The number of hydrogen-bond acceptors (Lipinski definition) is 4. The molecule has 1 atom stereocenters. The van der Waals surface area contributed by atoms with Crippen molar-refractivity contribution in [1.29, 1.82) is 0 Å². The lowest BCUT2D eigenvalue weighted by atomic mass is 9.96. The predicted molar refractivity (Wildman–Crippen MR) is 87.9 cm³/mol. The highest BCUT2D eigenvalue weighted by molar-refractivity contribution is 5.78. The Balaban J connectivity index is 1.67. The minimum absolute atomic E-state index is 0.0754. The van der Waals surface area contributed by atoms with Crippen LogP contribution in [0.2, 0.25) is 0 Å². The number of likely N-dealkylation sites (tertiary alicyclic amines) is 1. The monoisotopic (exact) mass is 327 g/mol.